The highest BCUT2D eigenvalue weighted by Gasteiger charge is 2.33. The number of alkyl halides is 3. The number of carbonyl (C=O) groups excluding carboxylic acids is 1. The number of halogens is 3. The van der Waals surface area contributed by atoms with Gasteiger partial charge in [-0.1, -0.05) is 44.2 Å². The normalized spacial score (nSPS) is 12.7. The van der Waals surface area contributed by atoms with Crippen molar-refractivity contribution in [2.45, 2.75) is 46.0 Å². The van der Waals surface area contributed by atoms with E-state index in [9.17, 15) is 22.8 Å². The van der Waals surface area contributed by atoms with Crippen molar-refractivity contribution in [3.05, 3.63) is 105 Å². The van der Waals surface area contributed by atoms with Crippen LogP contribution in [-0.4, -0.2) is 38.1 Å². The Kier molecular flexibility index (Phi) is 8.25. The first-order chi connectivity index (χ1) is 18.5. The molecule has 0 fully saturated rings. The second kappa shape index (κ2) is 11.4. The van der Waals surface area contributed by atoms with Crippen LogP contribution in [0.15, 0.2) is 71.5 Å². The predicted molar refractivity (Wildman–Crippen MR) is 143 cm³/mol. The molecule has 2 N–H and O–H groups in total. The highest BCUT2D eigenvalue weighted by molar-refractivity contribution is 5.94. The lowest BCUT2D eigenvalue weighted by Gasteiger charge is -2.36. The summed E-state index contributed by atoms with van der Waals surface area (Å²) in [5, 5.41) is 4.36. The molecule has 0 saturated heterocycles. The molecule has 39 heavy (non-hydrogen) atoms. The smallest absolute Gasteiger partial charge is 0.330 e. The van der Waals surface area contributed by atoms with Crippen LogP contribution in [-0.2, 0) is 12.7 Å². The SMILES string of the molecule is Cc1cc2cc(C(C(C)C)N(CCCN)C(=O)c3ccc(C(F)(F)F)cc3)n(Cc3ccccc3)c(=O)n2n1. The Hall–Kier alpha value is -3.92. The molecule has 2 aromatic heterocycles. The number of aryl methyl sites for hydroxylation is 1. The highest BCUT2D eigenvalue weighted by Crippen LogP contribution is 2.33. The summed E-state index contributed by atoms with van der Waals surface area (Å²) in [7, 11) is 0. The molecule has 0 aliphatic carbocycles. The van der Waals surface area contributed by atoms with E-state index in [1.54, 1.807) is 22.5 Å². The van der Waals surface area contributed by atoms with E-state index in [0.29, 0.717) is 29.9 Å². The minimum atomic E-state index is -4.51. The zero-order valence-corrected chi connectivity index (χ0v) is 22.2. The highest BCUT2D eigenvalue weighted by atomic mass is 19.4. The predicted octanol–water partition coefficient (Wildman–Crippen LogP) is 5.06. The average Bonchev–Trinajstić information content (AvgIpc) is 3.28. The Morgan fingerprint density at radius 2 is 1.72 bits per heavy atom. The fourth-order valence-electron chi connectivity index (χ4n) is 4.86. The number of amides is 1. The third-order valence-electron chi connectivity index (χ3n) is 6.66. The average molecular weight is 540 g/mol. The van der Waals surface area contributed by atoms with Crippen molar-refractivity contribution in [2.75, 3.05) is 13.1 Å². The van der Waals surface area contributed by atoms with Gasteiger partial charge in [0.15, 0.2) is 0 Å². The summed E-state index contributed by atoms with van der Waals surface area (Å²) in [4.78, 5) is 29.2. The first kappa shape index (κ1) is 28.1. The van der Waals surface area contributed by atoms with Crippen molar-refractivity contribution in [1.29, 1.82) is 0 Å². The van der Waals surface area contributed by atoms with Crippen molar-refractivity contribution in [2.24, 2.45) is 11.7 Å². The van der Waals surface area contributed by atoms with Crippen LogP contribution in [0.4, 0.5) is 13.2 Å². The summed E-state index contributed by atoms with van der Waals surface area (Å²) < 4.78 is 42.4. The number of hydrogen-bond acceptors (Lipinski definition) is 4. The molecule has 10 heteroatoms. The molecule has 4 rings (SSSR count). The van der Waals surface area contributed by atoms with Crippen molar-refractivity contribution in [1.82, 2.24) is 19.1 Å². The lowest BCUT2D eigenvalue weighted by atomic mass is 9.96. The van der Waals surface area contributed by atoms with E-state index < -0.39 is 23.7 Å². The van der Waals surface area contributed by atoms with Gasteiger partial charge in [-0.05, 0) is 67.8 Å². The molecule has 206 valence electrons. The van der Waals surface area contributed by atoms with Gasteiger partial charge >= 0.3 is 11.9 Å². The topological polar surface area (TPSA) is 85.6 Å². The molecule has 0 aliphatic rings. The first-order valence-electron chi connectivity index (χ1n) is 12.8. The van der Waals surface area contributed by atoms with E-state index in [2.05, 4.69) is 5.10 Å². The van der Waals surface area contributed by atoms with Crippen LogP contribution in [0.25, 0.3) is 5.52 Å². The Balaban J connectivity index is 1.87. The number of hydrogen-bond donors (Lipinski definition) is 1. The second-order valence-electron chi connectivity index (χ2n) is 9.95. The standard InChI is InChI=1S/C29H32F3N5O2/c1-19(2)26(35(15-7-14-33)27(38)22-10-12-23(13-11-22)29(30,31)32)25-17-24-16-20(3)34-37(24)28(39)36(25)18-21-8-5-4-6-9-21/h4-6,8-13,16-17,19,26H,7,14-15,18,33H2,1-3H3. The zero-order chi connectivity index (χ0) is 28.3. The quantitative estimate of drug-likeness (QED) is 0.322. The van der Waals surface area contributed by atoms with E-state index in [0.717, 1.165) is 17.7 Å². The van der Waals surface area contributed by atoms with Crippen molar-refractivity contribution >= 4 is 11.4 Å². The van der Waals surface area contributed by atoms with Crippen LogP contribution < -0.4 is 11.4 Å². The van der Waals surface area contributed by atoms with Gasteiger partial charge in [0.25, 0.3) is 5.91 Å². The maximum atomic E-state index is 13.9. The summed E-state index contributed by atoms with van der Waals surface area (Å²) in [5.41, 5.74) is 7.55. The van der Waals surface area contributed by atoms with Crippen LogP contribution in [0.3, 0.4) is 0 Å². The number of nitrogens with two attached hydrogens (primary N) is 1. The maximum Gasteiger partial charge on any atom is 0.416 e. The lowest BCUT2D eigenvalue weighted by Crippen LogP contribution is -2.42. The first-order valence-corrected chi connectivity index (χ1v) is 12.8. The van der Waals surface area contributed by atoms with Crippen molar-refractivity contribution in [3.63, 3.8) is 0 Å². The Morgan fingerprint density at radius 3 is 2.31 bits per heavy atom. The fourth-order valence-corrected chi connectivity index (χ4v) is 4.86. The van der Waals surface area contributed by atoms with Crippen molar-refractivity contribution < 1.29 is 18.0 Å². The molecular weight excluding hydrogens is 507 g/mol. The monoisotopic (exact) mass is 539 g/mol. The second-order valence-corrected chi connectivity index (χ2v) is 9.95. The summed E-state index contributed by atoms with van der Waals surface area (Å²) >= 11 is 0. The Labute approximate surface area is 224 Å². The van der Waals surface area contributed by atoms with Crippen LogP contribution in [0.5, 0.6) is 0 Å². The third-order valence-corrected chi connectivity index (χ3v) is 6.66. The number of carbonyl (C=O) groups is 1. The van der Waals surface area contributed by atoms with E-state index >= 15 is 0 Å². The molecule has 0 saturated carbocycles. The molecule has 0 bridgehead atoms. The van der Waals surface area contributed by atoms with Gasteiger partial charge in [-0.25, -0.2) is 4.79 Å². The Bertz CT molecular complexity index is 1490. The molecule has 7 nitrogen and oxygen atoms in total. The summed E-state index contributed by atoms with van der Waals surface area (Å²) in [5.74, 6) is -0.576. The minimum Gasteiger partial charge on any atom is -0.330 e. The van der Waals surface area contributed by atoms with Crippen LogP contribution >= 0.6 is 0 Å². The van der Waals surface area contributed by atoms with E-state index in [-0.39, 0.29) is 30.3 Å². The van der Waals surface area contributed by atoms with Gasteiger partial charge in [0.05, 0.1) is 29.4 Å². The number of rotatable bonds is 9. The molecule has 1 atom stereocenters. The Morgan fingerprint density at radius 1 is 1.05 bits per heavy atom. The molecule has 1 amide bonds. The molecule has 0 aliphatic heterocycles. The zero-order valence-electron chi connectivity index (χ0n) is 22.2. The van der Waals surface area contributed by atoms with E-state index in [4.69, 9.17) is 5.73 Å². The lowest BCUT2D eigenvalue weighted by molar-refractivity contribution is -0.137. The molecule has 4 aromatic rings. The van der Waals surface area contributed by atoms with Crippen molar-refractivity contribution in [3.8, 4) is 0 Å². The van der Waals surface area contributed by atoms with Crippen LogP contribution in [0.2, 0.25) is 0 Å². The minimum absolute atomic E-state index is 0.129. The molecule has 0 radical (unpaired) electrons. The third kappa shape index (κ3) is 6.06. The van der Waals surface area contributed by atoms with Gasteiger partial charge in [-0.2, -0.15) is 22.8 Å². The molecule has 1 unspecified atom stereocenters. The number of fused-ring (bicyclic) bond motifs is 1. The van der Waals surface area contributed by atoms with Crippen LogP contribution in [0, 0.1) is 12.8 Å². The largest absolute Gasteiger partial charge is 0.416 e. The van der Waals surface area contributed by atoms with Crippen LogP contribution in [0.1, 0.15) is 59.2 Å². The van der Waals surface area contributed by atoms with Gasteiger partial charge in [0.1, 0.15) is 0 Å². The molecular formula is C29H32F3N5O2. The van der Waals surface area contributed by atoms with Gasteiger partial charge in [-0.15, -0.1) is 0 Å². The van der Waals surface area contributed by atoms with E-state index in [1.807, 2.05) is 50.2 Å². The molecule has 2 aromatic carbocycles. The van der Waals surface area contributed by atoms with E-state index in [1.165, 1.54) is 16.6 Å². The number of nitrogens with zero attached hydrogens (tertiary/aromatic N) is 4. The number of benzene rings is 2. The number of aromatic nitrogens is 3. The van der Waals surface area contributed by atoms with Gasteiger partial charge in [0.2, 0.25) is 0 Å². The molecule has 2 heterocycles. The van der Waals surface area contributed by atoms with Gasteiger partial charge in [0, 0.05) is 17.8 Å². The summed E-state index contributed by atoms with van der Waals surface area (Å²) in [6.45, 7) is 6.54. The fraction of sp³-hybridized carbons (Fsp3) is 0.345. The molecule has 0 spiro atoms. The summed E-state index contributed by atoms with van der Waals surface area (Å²) in [6, 6.07) is 16.8. The van der Waals surface area contributed by atoms with Gasteiger partial charge in [-0.3, -0.25) is 9.36 Å². The van der Waals surface area contributed by atoms with Gasteiger partial charge < -0.3 is 10.6 Å². The summed E-state index contributed by atoms with van der Waals surface area (Å²) in [6.07, 6.45) is -4.03. The maximum absolute atomic E-state index is 13.9.